The summed E-state index contributed by atoms with van der Waals surface area (Å²) in [5, 5.41) is 0.597. The summed E-state index contributed by atoms with van der Waals surface area (Å²) >= 11 is 6.01. The number of methoxy groups -OCH3 is 1. The standard InChI is InChI=1S/C21H25ClN2O3/c1-3-19(27-17-8-6-7-16(22)15-17)21(25)24-13-11-23(12-14-24)18-9-4-5-10-20(18)26-2/h4-10,15,19H,3,11-14H2,1-2H3/t19-/m1/s1. The summed E-state index contributed by atoms with van der Waals surface area (Å²) in [4.78, 5) is 17.0. The second kappa shape index (κ2) is 9.00. The molecular formula is C21H25ClN2O3. The third-order valence-corrected chi connectivity index (χ3v) is 4.97. The molecule has 2 aromatic rings. The average Bonchev–Trinajstić information content (AvgIpc) is 2.71. The van der Waals surface area contributed by atoms with Gasteiger partial charge in [-0.1, -0.05) is 36.7 Å². The SMILES string of the molecule is CC[C@@H](Oc1cccc(Cl)c1)C(=O)N1CCN(c2ccccc2OC)CC1. The van der Waals surface area contributed by atoms with Gasteiger partial charge in [0.25, 0.3) is 5.91 Å². The van der Waals surface area contributed by atoms with Crippen molar-refractivity contribution in [3.05, 3.63) is 53.6 Å². The van der Waals surface area contributed by atoms with Crippen LogP contribution in [0.4, 0.5) is 5.69 Å². The van der Waals surface area contributed by atoms with E-state index < -0.39 is 6.10 Å². The highest BCUT2D eigenvalue weighted by Crippen LogP contribution is 2.28. The van der Waals surface area contributed by atoms with Crippen LogP contribution in [-0.4, -0.2) is 50.2 Å². The van der Waals surface area contributed by atoms with Crippen LogP contribution in [0, 0.1) is 0 Å². The van der Waals surface area contributed by atoms with Crippen molar-refractivity contribution in [2.24, 2.45) is 0 Å². The van der Waals surface area contributed by atoms with Gasteiger partial charge in [-0.3, -0.25) is 4.79 Å². The van der Waals surface area contributed by atoms with Gasteiger partial charge in [0.05, 0.1) is 12.8 Å². The molecule has 1 heterocycles. The van der Waals surface area contributed by atoms with Gasteiger partial charge in [0.2, 0.25) is 0 Å². The topological polar surface area (TPSA) is 42.0 Å². The van der Waals surface area contributed by atoms with Crippen LogP contribution in [0.5, 0.6) is 11.5 Å². The summed E-state index contributed by atoms with van der Waals surface area (Å²) in [6, 6.07) is 15.1. The van der Waals surface area contributed by atoms with Crippen molar-refractivity contribution >= 4 is 23.2 Å². The van der Waals surface area contributed by atoms with Crippen LogP contribution in [0.15, 0.2) is 48.5 Å². The number of ether oxygens (including phenoxy) is 2. The Morgan fingerprint density at radius 2 is 1.85 bits per heavy atom. The van der Waals surface area contributed by atoms with Gasteiger partial charge >= 0.3 is 0 Å². The highest BCUT2D eigenvalue weighted by Gasteiger charge is 2.28. The lowest BCUT2D eigenvalue weighted by atomic mass is 10.2. The molecule has 6 heteroatoms. The van der Waals surface area contributed by atoms with Crippen molar-refractivity contribution in [3.8, 4) is 11.5 Å². The van der Waals surface area contributed by atoms with E-state index in [1.165, 1.54) is 0 Å². The minimum atomic E-state index is -0.499. The summed E-state index contributed by atoms with van der Waals surface area (Å²) in [5.41, 5.74) is 1.06. The van der Waals surface area contributed by atoms with Crippen LogP contribution in [0.25, 0.3) is 0 Å². The Morgan fingerprint density at radius 3 is 2.52 bits per heavy atom. The number of amides is 1. The van der Waals surface area contributed by atoms with E-state index >= 15 is 0 Å². The number of halogens is 1. The molecule has 0 radical (unpaired) electrons. The molecule has 1 saturated heterocycles. The number of hydrogen-bond acceptors (Lipinski definition) is 4. The van der Waals surface area contributed by atoms with Gasteiger partial charge in [0.1, 0.15) is 11.5 Å². The fourth-order valence-corrected chi connectivity index (χ4v) is 3.46. The molecule has 144 valence electrons. The zero-order valence-electron chi connectivity index (χ0n) is 15.7. The third-order valence-electron chi connectivity index (χ3n) is 4.74. The molecule has 1 aliphatic rings. The van der Waals surface area contributed by atoms with Crippen LogP contribution in [0.3, 0.4) is 0 Å². The molecule has 1 fully saturated rings. The molecule has 0 unspecified atom stereocenters. The van der Waals surface area contributed by atoms with E-state index in [1.54, 1.807) is 19.2 Å². The second-order valence-electron chi connectivity index (χ2n) is 6.46. The Bertz CT molecular complexity index is 776. The van der Waals surface area contributed by atoms with Crippen LogP contribution in [-0.2, 0) is 4.79 Å². The lowest BCUT2D eigenvalue weighted by Gasteiger charge is -2.37. The summed E-state index contributed by atoms with van der Waals surface area (Å²) < 4.78 is 11.3. The first kappa shape index (κ1) is 19.4. The highest BCUT2D eigenvalue weighted by atomic mass is 35.5. The number of carbonyl (C=O) groups excluding carboxylic acids is 1. The Kier molecular flexibility index (Phi) is 6.45. The maximum absolute atomic E-state index is 12.9. The summed E-state index contributed by atoms with van der Waals surface area (Å²) in [6.07, 6.45) is 0.110. The van der Waals surface area contributed by atoms with E-state index in [9.17, 15) is 4.79 Å². The number of piperazine rings is 1. The van der Waals surface area contributed by atoms with Gasteiger partial charge in [0.15, 0.2) is 6.10 Å². The summed E-state index contributed by atoms with van der Waals surface area (Å²) in [5.74, 6) is 1.50. The quantitative estimate of drug-likeness (QED) is 0.753. The largest absolute Gasteiger partial charge is 0.495 e. The molecule has 0 aromatic heterocycles. The van der Waals surface area contributed by atoms with E-state index in [-0.39, 0.29) is 5.91 Å². The van der Waals surface area contributed by atoms with Crippen molar-refractivity contribution in [1.29, 1.82) is 0 Å². The molecule has 3 rings (SSSR count). The highest BCUT2D eigenvalue weighted by molar-refractivity contribution is 6.30. The predicted molar refractivity (Wildman–Crippen MR) is 108 cm³/mol. The molecule has 0 saturated carbocycles. The van der Waals surface area contributed by atoms with E-state index in [0.717, 1.165) is 24.5 Å². The Balaban J connectivity index is 1.61. The molecule has 1 amide bonds. The Morgan fingerprint density at radius 1 is 1.11 bits per heavy atom. The Labute approximate surface area is 165 Å². The predicted octanol–water partition coefficient (Wildman–Crippen LogP) is 3.85. The van der Waals surface area contributed by atoms with Gasteiger partial charge in [-0.25, -0.2) is 0 Å². The maximum Gasteiger partial charge on any atom is 0.263 e. The average molecular weight is 389 g/mol. The van der Waals surface area contributed by atoms with E-state index in [4.69, 9.17) is 21.1 Å². The van der Waals surface area contributed by atoms with E-state index in [1.807, 2.05) is 48.2 Å². The fourth-order valence-electron chi connectivity index (χ4n) is 3.28. The molecule has 5 nitrogen and oxygen atoms in total. The monoisotopic (exact) mass is 388 g/mol. The normalized spacial score (nSPS) is 15.4. The smallest absolute Gasteiger partial charge is 0.263 e. The maximum atomic E-state index is 12.9. The lowest BCUT2D eigenvalue weighted by molar-refractivity contribution is -0.139. The van der Waals surface area contributed by atoms with E-state index in [2.05, 4.69) is 4.90 Å². The van der Waals surface area contributed by atoms with Crippen LogP contribution < -0.4 is 14.4 Å². The van der Waals surface area contributed by atoms with Gasteiger partial charge in [0, 0.05) is 31.2 Å². The zero-order chi connectivity index (χ0) is 19.2. The number of benzene rings is 2. The van der Waals surface area contributed by atoms with Crippen molar-refractivity contribution < 1.29 is 14.3 Å². The molecule has 2 aromatic carbocycles. The number of anilines is 1. The van der Waals surface area contributed by atoms with Crippen molar-refractivity contribution in [1.82, 2.24) is 4.90 Å². The first-order valence-electron chi connectivity index (χ1n) is 9.21. The second-order valence-corrected chi connectivity index (χ2v) is 6.89. The molecular weight excluding hydrogens is 364 g/mol. The van der Waals surface area contributed by atoms with Crippen molar-refractivity contribution in [2.75, 3.05) is 38.2 Å². The molecule has 0 bridgehead atoms. The first-order valence-corrected chi connectivity index (χ1v) is 9.59. The molecule has 1 aliphatic heterocycles. The minimum Gasteiger partial charge on any atom is -0.495 e. The Hall–Kier alpha value is -2.40. The van der Waals surface area contributed by atoms with Crippen molar-refractivity contribution in [2.45, 2.75) is 19.4 Å². The number of hydrogen-bond donors (Lipinski definition) is 0. The minimum absolute atomic E-state index is 0.0251. The molecule has 1 atom stereocenters. The first-order chi connectivity index (χ1) is 13.1. The zero-order valence-corrected chi connectivity index (χ0v) is 16.5. The summed E-state index contributed by atoms with van der Waals surface area (Å²) in [6.45, 7) is 4.80. The van der Waals surface area contributed by atoms with Gasteiger partial charge in [-0.15, -0.1) is 0 Å². The third kappa shape index (κ3) is 4.66. The molecule has 0 aliphatic carbocycles. The molecule has 0 spiro atoms. The van der Waals surface area contributed by atoms with Crippen molar-refractivity contribution in [3.63, 3.8) is 0 Å². The number of carbonyl (C=O) groups is 1. The molecule has 0 N–H and O–H groups in total. The number of rotatable bonds is 6. The van der Waals surface area contributed by atoms with E-state index in [0.29, 0.717) is 30.3 Å². The van der Waals surface area contributed by atoms with Gasteiger partial charge < -0.3 is 19.3 Å². The van der Waals surface area contributed by atoms with Gasteiger partial charge in [-0.05, 0) is 36.8 Å². The fraction of sp³-hybridized carbons (Fsp3) is 0.381. The number of nitrogens with zero attached hydrogens (tertiary/aromatic N) is 2. The number of para-hydroxylation sites is 2. The van der Waals surface area contributed by atoms with Gasteiger partial charge in [-0.2, -0.15) is 0 Å². The summed E-state index contributed by atoms with van der Waals surface area (Å²) in [7, 11) is 1.68. The molecule has 27 heavy (non-hydrogen) atoms. The van der Waals surface area contributed by atoms with Crippen LogP contribution in [0.1, 0.15) is 13.3 Å². The van der Waals surface area contributed by atoms with Crippen LogP contribution in [0.2, 0.25) is 5.02 Å². The van der Waals surface area contributed by atoms with Crippen LogP contribution >= 0.6 is 11.6 Å². The lowest BCUT2D eigenvalue weighted by Crippen LogP contribution is -2.52.